The Bertz CT molecular complexity index is 846. The zero-order valence-electron chi connectivity index (χ0n) is 14.4. The number of nitrogens with two attached hydrogens (primary N) is 1. The second-order valence-corrected chi connectivity index (χ2v) is 5.72. The van der Waals surface area contributed by atoms with Crippen molar-refractivity contribution in [3.05, 3.63) is 78.0 Å². The summed E-state index contributed by atoms with van der Waals surface area (Å²) in [6.45, 7) is 0.706. The molecule has 26 heavy (non-hydrogen) atoms. The van der Waals surface area contributed by atoms with Crippen LogP contribution >= 0.6 is 0 Å². The number of carbonyl (C=O) groups is 1. The van der Waals surface area contributed by atoms with Gasteiger partial charge in [-0.05, 0) is 30.5 Å². The summed E-state index contributed by atoms with van der Waals surface area (Å²) in [4.78, 5) is 16.3. The van der Waals surface area contributed by atoms with Crippen molar-refractivity contribution in [1.82, 2.24) is 4.98 Å². The number of ether oxygens (including phenoxy) is 1. The van der Waals surface area contributed by atoms with Gasteiger partial charge in [0.05, 0.1) is 18.8 Å². The maximum absolute atomic E-state index is 12.3. The molecular formula is C20H21N3O3. The number of oxazole rings is 1. The summed E-state index contributed by atoms with van der Waals surface area (Å²) in [5.74, 6) is 0.575. The number of nitrogens with one attached hydrogen (secondary N) is 1. The topological polar surface area (TPSA) is 90.4 Å². The van der Waals surface area contributed by atoms with Crippen LogP contribution in [0, 0.1) is 0 Å². The Morgan fingerprint density at radius 3 is 2.65 bits per heavy atom. The number of aryl methyl sites for hydroxylation is 1. The van der Waals surface area contributed by atoms with Crippen molar-refractivity contribution in [2.24, 2.45) is 5.73 Å². The lowest BCUT2D eigenvalue weighted by atomic mass is 10.1. The standard InChI is InChI=1S/C20H21N3O3/c21-13-19-22-17(14-26-19)20(24)23-16-10-4-5-11-18(16)25-12-6-9-15-7-2-1-3-8-15/h1-5,7-8,10-11,14H,6,9,12-13,21H2,(H,23,24). The van der Waals surface area contributed by atoms with Crippen LogP contribution in [-0.4, -0.2) is 17.5 Å². The molecule has 3 rings (SSSR count). The molecular weight excluding hydrogens is 330 g/mol. The lowest BCUT2D eigenvalue weighted by molar-refractivity contribution is 0.102. The summed E-state index contributed by atoms with van der Waals surface area (Å²) in [6.07, 6.45) is 3.12. The van der Waals surface area contributed by atoms with Gasteiger partial charge in [-0.1, -0.05) is 42.5 Å². The highest BCUT2D eigenvalue weighted by molar-refractivity contribution is 6.03. The van der Waals surface area contributed by atoms with Gasteiger partial charge in [0.2, 0.25) is 5.89 Å². The maximum atomic E-state index is 12.3. The zero-order chi connectivity index (χ0) is 18.2. The summed E-state index contributed by atoms with van der Waals surface area (Å²) < 4.78 is 10.9. The van der Waals surface area contributed by atoms with Gasteiger partial charge in [-0.15, -0.1) is 0 Å². The van der Waals surface area contributed by atoms with E-state index in [0.717, 1.165) is 12.8 Å². The normalized spacial score (nSPS) is 10.5. The van der Waals surface area contributed by atoms with E-state index in [4.69, 9.17) is 14.9 Å². The first kappa shape index (κ1) is 17.7. The van der Waals surface area contributed by atoms with E-state index in [1.54, 1.807) is 6.07 Å². The van der Waals surface area contributed by atoms with Crippen LogP contribution in [0.1, 0.15) is 28.4 Å². The smallest absolute Gasteiger partial charge is 0.277 e. The highest BCUT2D eigenvalue weighted by Crippen LogP contribution is 2.24. The number of hydrogen-bond acceptors (Lipinski definition) is 5. The van der Waals surface area contributed by atoms with Gasteiger partial charge in [0.25, 0.3) is 5.91 Å². The van der Waals surface area contributed by atoms with Crippen molar-refractivity contribution >= 4 is 11.6 Å². The molecule has 2 aromatic carbocycles. The minimum Gasteiger partial charge on any atom is -0.491 e. The summed E-state index contributed by atoms with van der Waals surface area (Å²) in [6, 6.07) is 17.6. The van der Waals surface area contributed by atoms with Crippen molar-refractivity contribution in [1.29, 1.82) is 0 Å². The van der Waals surface area contributed by atoms with Gasteiger partial charge in [0.15, 0.2) is 5.69 Å². The van der Waals surface area contributed by atoms with E-state index in [2.05, 4.69) is 22.4 Å². The molecule has 6 heteroatoms. The number of para-hydroxylation sites is 2. The predicted octanol–water partition coefficient (Wildman–Crippen LogP) is 3.40. The number of hydrogen-bond donors (Lipinski definition) is 2. The van der Waals surface area contributed by atoms with Gasteiger partial charge in [-0.25, -0.2) is 4.98 Å². The summed E-state index contributed by atoms with van der Waals surface area (Å²) in [5, 5.41) is 2.80. The van der Waals surface area contributed by atoms with Crippen molar-refractivity contribution in [3.63, 3.8) is 0 Å². The van der Waals surface area contributed by atoms with Crippen molar-refractivity contribution < 1.29 is 13.9 Å². The van der Waals surface area contributed by atoms with E-state index in [1.807, 2.05) is 36.4 Å². The van der Waals surface area contributed by atoms with Crippen molar-refractivity contribution in [3.8, 4) is 5.75 Å². The van der Waals surface area contributed by atoms with Crippen LogP contribution < -0.4 is 15.8 Å². The number of nitrogens with zero attached hydrogens (tertiary/aromatic N) is 1. The van der Waals surface area contributed by atoms with Gasteiger partial charge in [0, 0.05) is 0 Å². The van der Waals surface area contributed by atoms with Gasteiger partial charge >= 0.3 is 0 Å². The molecule has 0 radical (unpaired) electrons. The Hall–Kier alpha value is -3.12. The second-order valence-electron chi connectivity index (χ2n) is 5.72. The molecule has 0 aliphatic rings. The van der Waals surface area contributed by atoms with Crippen molar-refractivity contribution in [2.75, 3.05) is 11.9 Å². The van der Waals surface area contributed by atoms with E-state index in [0.29, 0.717) is 23.9 Å². The largest absolute Gasteiger partial charge is 0.491 e. The first-order valence-electron chi connectivity index (χ1n) is 8.48. The monoisotopic (exact) mass is 351 g/mol. The summed E-state index contributed by atoms with van der Waals surface area (Å²) in [5.41, 5.74) is 7.50. The molecule has 0 fully saturated rings. The fourth-order valence-corrected chi connectivity index (χ4v) is 2.49. The fraction of sp³-hybridized carbons (Fsp3) is 0.200. The Kier molecular flexibility index (Phi) is 6.01. The van der Waals surface area contributed by atoms with Crippen LogP contribution in [0.5, 0.6) is 5.75 Å². The summed E-state index contributed by atoms with van der Waals surface area (Å²) >= 11 is 0. The molecule has 0 atom stereocenters. The Morgan fingerprint density at radius 2 is 1.88 bits per heavy atom. The minimum atomic E-state index is -0.367. The maximum Gasteiger partial charge on any atom is 0.277 e. The van der Waals surface area contributed by atoms with Crippen LogP contribution in [0.25, 0.3) is 0 Å². The lowest BCUT2D eigenvalue weighted by Gasteiger charge is -2.12. The van der Waals surface area contributed by atoms with E-state index < -0.39 is 0 Å². The Balaban J connectivity index is 1.56. The Morgan fingerprint density at radius 1 is 1.12 bits per heavy atom. The van der Waals surface area contributed by atoms with Crippen LogP contribution in [0.3, 0.4) is 0 Å². The number of anilines is 1. The second kappa shape index (κ2) is 8.82. The molecule has 0 saturated heterocycles. The van der Waals surface area contributed by atoms with Gasteiger partial charge in [-0.3, -0.25) is 4.79 Å². The number of rotatable bonds is 8. The van der Waals surface area contributed by atoms with Crippen LogP contribution in [0.15, 0.2) is 65.3 Å². The van der Waals surface area contributed by atoms with E-state index in [1.165, 1.54) is 11.8 Å². The van der Waals surface area contributed by atoms with Crippen LogP contribution in [-0.2, 0) is 13.0 Å². The Labute approximate surface area is 152 Å². The molecule has 134 valence electrons. The quantitative estimate of drug-likeness (QED) is 0.607. The molecule has 1 amide bonds. The zero-order valence-corrected chi connectivity index (χ0v) is 14.4. The molecule has 3 aromatic rings. The molecule has 0 bridgehead atoms. The number of amides is 1. The third-order valence-electron chi connectivity index (χ3n) is 3.80. The SMILES string of the molecule is NCc1nc(C(=O)Nc2ccccc2OCCCc2ccccc2)co1. The van der Waals surface area contributed by atoms with E-state index in [9.17, 15) is 4.79 Å². The van der Waals surface area contributed by atoms with Crippen molar-refractivity contribution in [2.45, 2.75) is 19.4 Å². The van der Waals surface area contributed by atoms with Crippen LogP contribution in [0.4, 0.5) is 5.69 Å². The van der Waals surface area contributed by atoms with E-state index in [-0.39, 0.29) is 18.1 Å². The molecule has 1 aromatic heterocycles. The third kappa shape index (κ3) is 4.70. The molecule has 6 nitrogen and oxygen atoms in total. The third-order valence-corrected chi connectivity index (χ3v) is 3.80. The number of benzene rings is 2. The van der Waals surface area contributed by atoms with Gasteiger partial charge in [-0.2, -0.15) is 0 Å². The molecule has 1 heterocycles. The van der Waals surface area contributed by atoms with E-state index >= 15 is 0 Å². The van der Waals surface area contributed by atoms with Crippen LogP contribution in [0.2, 0.25) is 0 Å². The molecule has 0 aliphatic heterocycles. The summed E-state index contributed by atoms with van der Waals surface area (Å²) in [7, 11) is 0. The number of aromatic nitrogens is 1. The highest BCUT2D eigenvalue weighted by Gasteiger charge is 2.14. The average Bonchev–Trinajstić information content (AvgIpc) is 3.17. The minimum absolute atomic E-state index is 0.147. The first-order valence-corrected chi connectivity index (χ1v) is 8.48. The first-order chi connectivity index (χ1) is 12.8. The average molecular weight is 351 g/mol. The van der Waals surface area contributed by atoms with Gasteiger partial charge < -0.3 is 20.2 Å². The predicted molar refractivity (Wildman–Crippen MR) is 99.0 cm³/mol. The van der Waals surface area contributed by atoms with Gasteiger partial charge in [0.1, 0.15) is 12.0 Å². The molecule has 0 saturated carbocycles. The molecule has 0 unspecified atom stereocenters. The molecule has 0 spiro atoms. The molecule has 3 N–H and O–H groups in total. The molecule has 0 aliphatic carbocycles. The highest BCUT2D eigenvalue weighted by atomic mass is 16.5. The lowest BCUT2D eigenvalue weighted by Crippen LogP contribution is -2.14. The number of carbonyl (C=O) groups excluding carboxylic acids is 1. The fourth-order valence-electron chi connectivity index (χ4n) is 2.49.